The molecule has 0 atom stereocenters. The van der Waals surface area contributed by atoms with Crippen molar-refractivity contribution in [2.24, 2.45) is 0 Å². The summed E-state index contributed by atoms with van der Waals surface area (Å²) < 4.78 is 16.7. The third-order valence-corrected chi connectivity index (χ3v) is 6.11. The minimum atomic E-state index is 0.121. The largest absolute Gasteiger partial charge is 0.497 e. The molecular weight excluding hydrogens is 384 g/mol. The Hall–Kier alpha value is -3.25. The van der Waals surface area contributed by atoms with Gasteiger partial charge in [-0.1, -0.05) is 60.3 Å². The van der Waals surface area contributed by atoms with E-state index >= 15 is 0 Å². The van der Waals surface area contributed by atoms with E-state index in [9.17, 15) is 0 Å². The van der Waals surface area contributed by atoms with Gasteiger partial charge in [0.25, 0.3) is 5.22 Å². The molecule has 3 aromatic carbocycles. The first-order valence-electron chi connectivity index (χ1n) is 9.18. The minimum Gasteiger partial charge on any atom is -0.497 e. The van der Waals surface area contributed by atoms with Gasteiger partial charge in [-0.25, -0.2) is 0 Å². The molecule has 29 heavy (non-hydrogen) atoms. The van der Waals surface area contributed by atoms with Crippen LogP contribution in [0.1, 0.15) is 16.4 Å². The maximum atomic E-state index is 5.99. The van der Waals surface area contributed by atoms with Crippen molar-refractivity contribution in [3.63, 3.8) is 0 Å². The van der Waals surface area contributed by atoms with Crippen LogP contribution in [0.2, 0.25) is 0 Å². The summed E-state index contributed by atoms with van der Waals surface area (Å²) >= 11 is 1.57. The maximum Gasteiger partial charge on any atom is 0.277 e. The highest BCUT2D eigenvalue weighted by Crippen LogP contribution is 2.52. The van der Waals surface area contributed by atoms with E-state index in [1.54, 1.807) is 26.0 Å². The summed E-state index contributed by atoms with van der Waals surface area (Å²) in [6.45, 7) is 0. The topological polar surface area (TPSA) is 57.4 Å². The molecule has 0 bridgehead atoms. The van der Waals surface area contributed by atoms with Crippen LogP contribution in [0.25, 0.3) is 22.6 Å². The lowest BCUT2D eigenvalue weighted by atomic mass is 10.1. The van der Waals surface area contributed by atoms with Crippen molar-refractivity contribution in [3.05, 3.63) is 77.9 Å². The van der Waals surface area contributed by atoms with E-state index in [1.807, 2.05) is 18.2 Å². The van der Waals surface area contributed by atoms with Gasteiger partial charge in [0.15, 0.2) is 0 Å². The molecule has 0 amide bonds. The molecule has 0 saturated carbocycles. The molecule has 1 aromatic heterocycles. The smallest absolute Gasteiger partial charge is 0.277 e. The van der Waals surface area contributed by atoms with E-state index in [1.165, 1.54) is 22.3 Å². The number of nitrogens with zero attached hydrogens (tertiary/aromatic N) is 2. The van der Waals surface area contributed by atoms with Crippen molar-refractivity contribution in [1.29, 1.82) is 0 Å². The Kier molecular flexibility index (Phi) is 4.48. The molecule has 0 spiro atoms. The molecular formula is C23H18N2O3S. The van der Waals surface area contributed by atoms with Gasteiger partial charge in [-0.2, -0.15) is 0 Å². The van der Waals surface area contributed by atoms with Crippen LogP contribution in [0.3, 0.4) is 0 Å². The Labute approximate surface area is 172 Å². The lowest BCUT2D eigenvalue weighted by Crippen LogP contribution is -1.91. The Bertz CT molecular complexity index is 1120. The molecule has 0 aliphatic heterocycles. The molecule has 144 valence electrons. The van der Waals surface area contributed by atoms with Crippen LogP contribution in [-0.4, -0.2) is 24.4 Å². The number of fused-ring (bicyclic) bond motifs is 3. The molecule has 0 radical (unpaired) electrons. The fourth-order valence-electron chi connectivity index (χ4n) is 3.64. The Balaban J connectivity index is 1.49. The Morgan fingerprint density at radius 1 is 0.793 bits per heavy atom. The number of benzene rings is 3. The second kappa shape index (κ2) is 7.29. The number of aromatic nitrogens is 2. The average Bonchev–Trinajstić information content (AvgIpc) is 3.37. The van der Waals surface area contributed by atoms with Gasteiger partial charge in [-0.15, -0.1) is 10.2 Å². The van der Waals surface area contributed by atoms with Gasteiger partial charge in [-0.3, -0.25) is 0 Å². The fourth-order valence-corrected chi connectivity index (χ4v) is 4.72. The van der Waals surface area contributed by atoms with E-state index in [0.29, 0.717) is 22.6 Å². The molecule has 4 aromatic rings. The molecule has 0 saturated heterocycles. The molecule has 5 rings (SSSR count). The molecule has 1 aliphatic carbocycles. The third kappa shape index (κ3) is 3.15. The zero-order valence-corrected chi connectivity index (χ0v) is 16.8. The van der Waals surface area contributed by atoms with E-state index in [-0.39, 0.29) is 5.25 Å². The highest BCUT2D eigenvalue weighted by Gasteiger charge is 2.30. The summed E-state index contributed by atoms with van der Waals surface area (Å²) in [5.74, 6) is 1.78. The van der Waals surface area contributed by atoms with Crippen LogP contribution < -0.4 is 9.47 Å². The standard InChI is InChI=1S/C23H18N2O3S/c1-26-15-11-14(12-16(13-15)27-2)22-24-25-23(28-22)29-21-19-9-5-3-7-17(19)18-8-4-6-10-20(18)21/h3-13,21H,1-2H3. The zero-order chi connectivity index (χ0) is 19.8. The summed E-state index contributed by atoms with van der Waals surface area (Å²) in [6.07, 6.45) is 0. The van der Waals surface area contributed by atoms with Gasteiger partial charge < -0.3 is 13.9 Å². The van der Waals surface area contributed by atoms with Crippen molar-refractivity contribution in [1.82, 2.24) is 10.2 Å². The summed E-state index contributed by atoms with van der Waals surface area (Å²) in [7, 11) is 3.23. The van der Waals surface area contributed by atoms with E-state index in [4.69, 9.17) is 13.9 Å². The third-order valence-electron chi connectivity index (χ3n) is 5.00. The number of thioether (sulfide) groups is 1. The normalized spacial score (nSPS) is 12.5. The Morgan fingerprint density at radius 3 is 1.97 bits per heavy atom. The quantitative estimate of drug-likeness (QED) is 0.432. The average molecular weight is 402 g/mol. The van der Waals surface area contributed by atoms with Gasteiger partial charge in [0, 0.05) is 11.6 Å². The molecule has 0 fully saturated rings. The lowest BCUT2D eigenvalue weighted by Gasteiger charge is -2.10. The number of hydrogen-bond donors (Lipinski definition) is 0. The molecule has 1 heterocycles. The Morgan fingerprint density at radius 2 is 1.38 bits per heavy atom. The number of rotatable bonds is 5. The van der Waals surface area contributed by atoms with Crippen LogP contribution in [0, 0.1) is 0 Å². The van der Waals surface area contributed by atoms with Gasteiger partial charge in [0.2, 0.25) is 5.89 Å². The summed E-state index contributed by atoms with van der Waals surface area (Å²) in [5.41, 5.74) is 5.81. The van der Waals surface area contributed by atoms with Crippen LogP contribution in [0.4, 0.5) is 0 Å². The summed E-state index contributed by atoms with van der Waals surface area (Å²) in [5, 5.41) is 9.17. The van der Waals surface area contributed by atoms with E-state index in [0.717, 1.165) is 5.56 Å². The van der Waals surface area contributed by atoms with Crippen LogP contribution in [0.5, 0.6) is 11.5 Å². The first-order chi connectivity index (χ1) is 14.3. The molecule has 0 unspecified atom stereocenters. The second-order valence-corrected chi connectivity index (χ2v) is 7.70. The summed E-state index contributed by atoms with van der Waals surface area (Å²) in [6, 6.07) is 22.5. The number of ether oxygens (including phenoxy) is 2. The van der Waals surface area contributed by atoms with Crippen molar-refractivity contribution in [2.75, 3.05) is 14.2 Å². The SMILES string of the molecule is COc1cc(OC)cc(-c2nnc(SC3c4ccccc4-c4ccccc43)o2)c1. The van der Waals surface area contributed by atoms with Gasteiger partial charge in [0.05, 0.1) is 19.5 Å². The molecule has 0 N–H and O–H groups in total. The first kappa shape index (κ1) is 17.8. The zero-order valence-electron chi connectivity index (χ0n) is 16.0. The van der Waals surface area contributed by atoms with E-state index < -0.39 is 0 Å². The minimum absolute atomic E-state index is 0.121. The highest BCUT2D eigenvalue weighted by molar-refractivity contribution is 7.99. The number of methoxy groups -OCH3 is 2. The highest BCUT2D eigenvalue weighted by atomic mass is 32.2. The van der Waals surface area contributed by atoms with Crippen molar-refractivity contribution in [3.8, 4) is 34.1 Å². The van der Waals surface area contributed by atoms with Crippen LogP contribution in [0.15, 0.2) is 76.4 Å². The second-order valence-electron chi connectivity index (χ2n) is 6.65. The molecule has 6 heteroatoms. The first-order valence-corrected chi connectivity index (χ1v) is 10.1. The van der Waals surface area contributed by atoms with Gasteiger partial charge >= 0.3 is 0 Å². The molecule has 5 nitrogen and oxygen atoms in total. The molecule has 1 aliphatic rings. The van der Waals surface area contributed by atoms with Crippen LogP contribution >= 0.6 is 11.8 Å². The number of hydrogen-bond acceptors (Lipinski definition) is 6. The lowest BCUT2D eigenvalue weighted by molar-refractivity contribution is 0.394. The van der Waals surface area contributed by atoms with Crippen molar-refractivity contribution in [2.45, 2.75) is 10.5 Å². The predicted octanol–water partition coefficient (Wildman–Crippen LogP) is 5.62. The van der Waals surface area contributed by atoms with Gasteiger partial charge in [0.1, 0.15) is 11.5 Å². The predicted molar refractivity (Wildman–Crippen MR) is 112 cm³/mol. The van der Waals surface area contributed by atoms with Crippen molar-refractivity contribution >= 4 is 11.8 Å². The summed E-state index contributed by atoms with van der Waals surface area (Å²) in [4.78, 5) is 0. The van der Waals surface area contributed by atoms with E-state index in [2.05, 4.69) is 58.7 Å². The fraction of sp³-hybridized carbons (Fsp3) is 0.130. The maximum absolute atomic E-state index is 5.99. The monoisotopic (exact) mass is 402 g/mol. The van der Waals surface area contributed by atoms with Crippen molar-refractivity contribution < 1.29 is 13.9 Å². The van der Waals surface area contributed by atoms with Gasteiger partial charge in [-0.05, 0) is 34.4 Å². The van der Waals surface area contributed by atoms with Crippen LogP contribution in [-0.2, 0) is 0 Å².